The highest BCUT2D eigenvalue weighted by molar-refractivity contribution is 5.83. The number of carboxylic acids is 2. The van der Waals surface area contributed by atoms with Gasteiger partial charge in [-0.15, -0.1) is 0 Å². The molecule has 0 bridgehead atoms. The fraction of sp³-hybridized carbons (Fsp3) is 0.500. The first-order chi connectivity index (χ1) is 4.36. The molecule has 0 aromatic heterocycles. The van der Waals surface area contributed by atoms with Crippen LogP contribution in [0.5, 0.6) is 0 Å². The second-order valence-electron chi connectivity index (χ2n) is 1.92. The molecule has 6 N–H and O–H groups in total. The molecule has 0 aliphatic rings. The third-order valence-corrected chi connectivity index (χ3v) is 0.842. The standard InChI is InChI=1S/C4H8N2O4/c5-4(6,3(9)10)1-2(7)8/h1,5-6H2,(H,7,8)(H,9,10). The molecule has 0 heterocycles. The van der Waals surface area contributed by atoms with E-state index in [1.165, 1.54) is 0 Å². The third kappa shape index (κ3) is 2.42. The Bertz CT molecular complexity index is 165. The van der Waals surface area contributed by atoms with Gasteiger partial charge < -0.3 is 21.7 Å². The SMILES string of the molecule is NC(N)(CC(=O)O)C(=O)O. The molecular weight excluding hydrogens is 140 g/mol. The first-order valence-electron chi connectivity index (χ1n) is 2.39. The van der Waals surface area contributed by atoms with Gasteiger partial charge in [0.1, 0.15) is 0 Å². The maximum Gasteiger partial charge on any atom is 0.339 e. The Balaban J connectivity index is 4.13. The lowest BCUT2D eigenvalue weighted by atomic mass is 10.1. The lowest BCUT2D eigenvalue weighted by Crippen LogP contribution is -2.57. The molecule has 10 heavy (non-hydrogen) atoms. The van der Waals surface area contributed by atoms with Crippen molar-refractivity contribution in [2.24, 2.45) is 11.5 Å². The molecule has 0 fully saturated rings. The van der Waals surface area contributed by atoms with Crippen molar-refractivity contribution in [3.63, 3.8) is 0 Å². The number of rotatable bonds is 3. The maximum atomic E-state index is 10.0. The maximum absolute atomic E-state index is 10.0. The summed E-state index contributed by atoms with van der Waals surface area (Å²) >= 11 is 0. The van der Waals surface area contributed by atoms with E-state index >= 15 is 0 Å². The van der Waals surface area contributed by atoms with Crippen LogP contribution >= 0.6 is 0 Å². The van der Waals surface area contributed by atoms with E-state index in [0.717, 1.165) is 0 Å². The molecule has 0 aliphatic carbocycles. The summed E-state index contributed by atoms with van der Waals surface area (Å²) in [7, 11) is 0. The van der Waals surface area contributed by atoms with Crippen molar-refractivity contribution in [2.45, 2.75) is 12.1 Å². The number of aliphatic carboxylic acids is 2. The molecule has 0 aromatic carbocycles. The average Bonchev–Trinajstić information content (AvgIpc) is 1.60. The predicted octanol–water partition coefficient (Wildman–Crippen LogP) is -1.84. The van der Waals surface area contributed by atoms with Crippen LogP contribution in [0.25, 0.3) is 0 Å². The summed E-state index contributed by atoms with van der Waals surface area (Å²) in [5.74, 6) is -2.87. The third-order valence-electron chi connectivity index (χ3n) is 0.842. The van der Waals surface area contributed by atoms with Crippen LogP contribution in [-0.2, 0) is 9.59 Å². The van der Waals surface area contributed by atoms with E-state index in [2.05, 4.69) is 0 Å². The van der Waals surface area contributed by atoms with Gasteiger partial charge >= 0.3 is 11.9 Å². The van der Waals surface area contributed by atoms with Gasteiger partial charge in [0.25, 0.3) is 0 Å². The highest BCUT2D eigenvalue weighted by Gasteiger charge is 2.31. The summed E-state index contributed by atoms with van der Waals surface area (Å²) in [4.78, 5) is 19.9. The molecular formula is C4H8N2O4. The van der Waals surface area contributed by atoms with Gasteiger partial charge in [0.2, 0.25) is 0 Å². The van der Waals surface area contributed by atoms with Gasteiger partial charge in [-0.1, -0.05) is 0 Å². The van der Waals surface area contributed by atoms with E-state index in [1.54, 1.807) is 0 Å². The van der Waals surface area contributed by atoms with E-state index in [-0.39, 0.29) is 0 Å². The zero-order valence-electron chi connectivity index (χ0n) is 5.07. The number of carboxylic acid groups (broad SMARTS) is 2. The highest BCUT2D eigenvalue weighted by atomic mass is 16.4. The van der Waals surface area contributed by atoms with E-state index in [9.17, 15) is 9.59 Å². The summed E-state index contributed by atoms with van der Waals surface area (Å²) in [6.45, 7) is 0. The van der Waals surface area contributed by atoms with Crippen LogP contribution in [0.15, 0.2) is 0 Å². The molecule has 58 valence electrons. The minimum Gasteiger partial charge on any atom is -0.481 e. The van der Waals surface area contributed by atoms with Crippen molar-refractivity contribution in [3.8, 4) is 0 Å². The fourth-order valence-corrected chi connectivity index (χ4v) is 0.326. The van der Waals surface area contributed by atoms with Crippen LogP contribution in [0.3, 0.4) is 0 Å². The summed E-state index contributed by atoms with van der Waals surface area (Å²) < 4.78 is 0. The number of hydrogen-bond donors (Lipinski definition) is 4. The Hall–Kier alpha value is -1.14. The van der Waals surface area contributed by atoms with Crippen LogP contribution in [0, 0.1) is 0 Å². The molecule has 0 atom stereocenters. The van der Waals surface area contributed by atoms with Gasteiger partial charge in [-0.05, 0) is 0 Å². The fourth-order valence-electron chi connectivity index (χ4n) is 0.326. The quantitative estimate of drug-likeness (QED) is 0.348. The lowest BCUT2D eigenvalue weighted by molar-refractivity contribution is -0.149. The topological polar surface area (TPSA) is 127 Å². The molecule has 0 amide bonds. The minimum absolute atomic E-state index is 0.789. The van der Waals surface area contributed by atoms with Crippen molar-refractivity contribution in [1.82, 2.24) is 0 Å². The van der Waals surface area contributed by atoms with Crippen LogP contribution in [0.4, 0.5) is 0 Å². The summed E-state index contributed by atoms with van der Waals surface area (Å²) in [5.41, 5.74) is 7.55. The molecule has 6 heteroatoms. The summed E-state index contributed by atoms with van der Waals surface area (Å²) in [6.07, 6.45) is -0.789. The number of nitrogens with two attached hydrogens (primary N) is 2. The first-order valence-corrected chi connectivity index (χ1v) is 2.39. The Morgan fingerprint density at radius 2 is 1.70 bits per heavy atom. The predicted molar refractivity (Wildman–Crippen MR) is 31.0 cm³/mol. The van der Waals surface area contributed by atoms with Gasteiger partial charge in [0.15, 0.2) is 5.66 Å². The monoisotopic (exact) mass is 148 g/mol. The van der Waals surface area contributed by atoms with E-state index in [1.807, 2.05) is 0 Å². The smallest absolute Gasteiger partial charge is 0.339 e. The molecule has 0 aliphatic heterocycles. The normalized spacial score (nSPS) is 11.0. The number of hydrogen-bond acceptors (Lipinski definition) is 4. The highest BCUT2D eigenvalue weighted by Crippen LogP contribution is 1.96. The first kappa shape index (κ1) is 8.86. The van der Waals surface area contributed by atoms with Gasteiger partial charge in [-0.2, -0.15) is 0 Å². The molecule has 0 radical (unpaired) electrons. The molecule has 0 rings (SSSR count). The van der Waals surface area contributed by atoms with E-state index in [0.29, 0.717) is 0 Å². The van der Waals surface area contributed by atoms with Gasteiger partial charge in [-0.3, -0.25) is 4.79 Å². The second-order valence-corrected chi connectivity index (χ2v) is 1.92. The zero-order valence-corrected chi connectivity index (χ0v) is 5.07. The second kappa shape index (κ2) is 2.63. The summed E-state index contributed by atoms with van der Waals surface area (Å²) in [6, 6.07) is 0. The van der Waals surface area contributed by atoms with Crippen molar-refractivity contribution in [3.05, 3.63) is 0 Å². The Morgan fingerprint density at radius 1 is 1.30 bits per heavy atom. The van der Waals surface area contributed by atoms with Gasteiger partial charge in [-0.25, -0.2) is 4.79 Å². The van der Waals surface area contributed by atoms with E-state index in [4.69, 9.17) is 21.7 Å². The molecule has 0 unspecified atom stereocenters. The average molecular weight is 148 g/mol. The van der Waals surface area contributed by atoms with E-state index < -0.39 is 24.0 Å². The number of carbonyl (C=O) groups is 2. The van der Waals surface area contributed by atoms with Crippen molar-refractivity contribution in [1.29, 1.82) is 0 Å². The lowest BCUT2D eigenvalue weighted by Gasteiger charge is -2.15. The molecule has 0 aromatic rings. The Kier molecular flexibility index (Phi) is 2.33. The van der Waals surface area contributed by atoms with Crippen molar-refractivity contribution < 1.29 is 19.8 Å². The van der Waals surface area contributed by atoms with Crippen LogP contribution in [0.2, 0.25) is 0 Å². The van der Waals surface area contributed by atoms with Gasteiger partial charge in [0.05, 0.1) is 6.42 Å². The summed E-state index contributed by atoms with van der Waals surface area (Å²) in [5, 5.41) is 16.3. The van der Waals surface area contributed by atoms with Crippen LogP contribution in [0.1, 0.15) is 6.42 Å². The zero-order chi connectivity index (χ0) is 8.36. The molecule has 6 nitrogen and oxygen atoms in total. The Labute approximate surface area is 56.4 Å². The molecule has 0 saturated heterocycles. The Morgan fingerprint density at radius 3 is 1.80 bits per heavy atom. The van der Waals surface area contributed by atoms with Gasteiger partial charge in [0, 0.05) is 0 Å². The largest absolute Gasteiger partial charge is 0.481 e. The van der Waals surface area contributed by atoms with Crippen molar-refractivity contribution in [2.75, 3.05) is 0 Å². The van der Waals surface area contributed by atoms with Crippen LogP contribution in [-0.4, -0.2) is 27.8 Å². The molecule has 0 saturated carbocycles. The van der Waals surface area contributed by atoms with Crippen molar-refractivity contribution >= 4 is 11.9 Å². The molecule has 0 spiro atoms. The van der Waals surface area contributed by atoms with Crippen LogP contribution < -0.4 is 11.5 Å². The minimum atomic E-state index is -2.16.